The molecule has 0 radical (unpaired) electrons. The zero-order chi connectivity index (χ0) is 17.5. The van der Waals surface area contributed by atoms with Crippen LogP contribution < -0.4 is 15.0 Å². The number of nitrogens with one attached hydrogen (secondary N) is 2. The second-order valence-electron chi connectivity index (χ2n) is 4.84. The number of aryl methyl sites for hydroxylation is 1. The number of carbonyl (C=O) groups is 1. The third-order valence-corrected chi connectivity index (χ3v) is 4.04. The van der Waals surface area contributed by atoms with Gasteiger partial charge in [-0.3, -0.25) is 4.79 Å². The van der Waals surface area contributed by atoms with E-state index in [1.54, 1.807) is 36.4 Å². The zero-order valence-electron chi connectivity index (χ0n) is 13.0. The van der Waals surface area contributed by atoms with Gasteiger partial charge in [-0.15, -0.1) is 0 Å². The van der Waals surface area contributed by atoms with Gasteiger partial charge in [0, 0.05) is 0 Å². The Morgan fingerprint density at radius 1 is 1.38 bits per heavy atom. The lowest BCUT2D eigenvalue weighted by Gasteiger charge is -2.13. The molecule has 1 unspecified atom stereocenters. The van der Waals surface area contributed by atoms with Crippen LogP contribution in [0.25, 0.3) is 0 Å². The highest BCUT2D eigenvalue weighted by Crippen LogP contribution is 2.21. The van der Waals surface area contributed by atoms with Crippen molar-refractivity contribution in [1.82, 2.24) is 10.3 Å². The van der Waals surface area contributed by atoms with E-state index in [2.05, 4.69) is 16.8 Å². The third kappa shape index (κ3) is 4.58. The highest BCUT2D eigenvalue weighted by Gasteiger charge is 2.18. The van der Waals surface area contributed by atoms with Gasteiger partial charge < -0.3 is 9.29 Å². The van der Waals surface area contributed by atoms with E-state index in [4.69, 9.17) is 4.74 Å². The second kappa shape index (κ2) is 8.49. The standard InChI is InChI=1S/C17H17FN2O3S/c1-3-9-23-13-10-12(2)16(18)15(11-13)17(21)19-20-24(22)14-7-5-4-6-8-14/h3-8,10-11,20H,1,9H2,2H3,(H,19,21). The molecule has 1 amide bonds. The van der Waals surface area contributed by atoms with Crippen LogP contribution in [-0.2, 0) is 11.4 Å². The van der Waals surface area contributed by atoms with E-state index < -0.39 is 23.1 Å². The molecule has 1 atom stereocenters. The quantitative estimate of drug-likeness (QED) is 0.458. The van der Waals surface area contributed by atoms with Crippen LogP contribution in [0.5, 0.6) is 5.75 Å². The molecule has 0 fully saturated rings. The summed E-state index contributed by atoms with van der Waals surface area (Å²) in [5.41, 5.74) is 2.31. The Balaban J connectivity index is 2.08. The molecule has 2 N–H and O–H groups in total. The molecule has 126 valence electrons. The maximum atomic E-state index is 14.2. The molecular weight excluding hydrogens is 331 g/mol. The van der Waals surface area contributed by atoms with Crippen molar-refractivity contribution >= 4 is 17.3 Å². The fourth-order valence-electron chi connectivity index (χ4n) is 1.90. The second-order valence-corrected chi connectivity index (χ2v) is 6.05. The first kappa shape index (κ1) is 18.0. The minimum atomic E-state index is -1.65. The molecule has 0 aliphatic carbocycles. The van der Waals surface area contributed by atoms with Crippen LogP contribution in [-0.4, -0.2) is 17.1 Å². The molecule has 0 aliphatic rings. The van der Waals surface area contributed by atoms with E-state index in [1.807, 2.05) is 0 Å². The summed E-state index contributed by atoms with van der Waals surface area (Å²) in [4.78, 5) is 15.0. The number of hydrogen-bond acceptors (Lipinski definition) is 4. The topological polar surface area (TPSA) is 73.4 Å². The van der Waals surface area contributed by atoms with Gasteiger partial charge in [0.2, 0.25) is 0 Å². The predicted molar refractivity (Wildman–Crippen MR) is 90.3 cm³/mol. The van der Waals surface area contributed by atoms with Gasteiger partial charge in [-0.2, -0.15) is 0 Å². The summed E-state index contributed by atoms with van der Waals surface area (Å²) >= 11 is -1.65. The van der Waals surface area contributed by atoms with Crippen LogP contribution in [0.15, 0.2) is 60.0 Å². The van der Waals surface area contributed by atoms with Gasteiger partial charge in [0.15, 0.2) is 4.90 Å². The molecule has 0 heterocycles. The fraction of sp³-hybridized carbons (Fsp3) is 0.118. The Morgan fingerprint density at radius 3 is 2.75 bits per heavy atom. The summed E-state index contributed by atoms with van der Waals surface area (Å²) in [6.07, 6.45) is 1.54. The van der Waals surface area contributed by atoms with Crippen molar-refractivity contribution in [1.29, 1.82) is 0 Å². The third-order valence-electron chi connectivity index (χ3n) is 3.06. The molecule has 24 heavy (non-hydrogen) atoms. The van der Waals surface area contributed by atoms with Crippen LogP contribution in [0.4, 0.5) is 4.39 Å². The number of benzene rings is 2. The molecule has 2 aromatic carbocycles. The van der Waals surface area contributed by atoms with Crippen LogP contribution >= 0.6 is 0 Å². The predicted octanol–water partition coefficient (Wildman–Crippen LogP) is 2.66. The summed E-state index contributed by atoms with van der Waals surface area (Å²) in [6.45, 7) is 5.30. The molecular formula is C17H17FN2O3S. The number of hydrazine groups is 1. The van der Waals surface area contributed by atoms with Crippen LogP contribution in [0.2, 0.25) is 0 Å². The van der Waals surface area contributed by atoms with Gasteiger partial charge in [0.1, 0.15) is 18.2 Å². The molecule has 2 rings (SSSR count). The normalized spacial score (nSPS) is 11.6. The summed E-state index contributed by atoms with van der Waals surface area (Å²) < 4.78 is 31.5. The highest BCUT2D eigenvalue weighted by atomic mass is 32.2. The van der Waals surface area contributed by atoms with Gasteiger partial charge in [-0.05, 0) is 41.6 Å². The number of amides is 1. The highest BCUT2D eigenvalue weighted by molar-refractivity contribution is 7.89. The van der Waals surface area contributed by atoms with Crippen LogP contribution in [0, 0.1) is 12.7 Å². The Morgan fingerprint density at radius 2 is 2.08 bits per heavy atom. The lowest BCUT2D eigenvalue weighted by atomic mass is 10.1. The minimum Gasteiger partial charge on any atom is -0.592 e. The van der Waals surface area contributed by atoms with Crippen molar-refractivity contribution in [3.05, 3.63) is 72.1 Å². The first-order chi connectivity index (χ1) is 11.5. The van der Waals surface area contributed by atoms with Crippen molar-refractivity contribution in [2.24, 2.45) is 0 Å². The first-order valence-electron chi connectivity index (χ1n) is 7.09. The lowest BCUT2D eigenvalue weighted by molar-refractivity contribution is 0.0940. The number of hydrogen-bond donors (Lipinski definition) is 2. The zero-order valence-corrected chi connectivity index (χ0v) is 13.9. The van der Waals surface area contributed by atoms with Crippen molar-refractivity contribution < 1.29 is 18.5 Å². The minimum absolute atomic E-state index is 0.202. The van der Waals surface area contributed by atoms with E-state index in [-0.39, 0.29) is 17.7 Å². The fourth-order valence-corrected chi connectivity index (χ4v) is 2.61. The Hall–Kier alpha value is -2.35. The smallest absolute Gasteiger partial charge is 0.271 e. The number of halogens is 1. The van der Waals surface area contributed by atoms with Crippen LogP contribution in [0.3, 0.4) is 0 Å². The summed E-state index contributed by atoms with van der Waals surface area (Å²) in [5.74, 6) is -1.06. The SMILES string of the molecule is C=CCOc1cc(C)c(F)c(C(=O)NN[S+]([O-])c2ccccc2)c1. The number of rotatable bonds is 7. The summed E-state index contributed by atoms with van der Waals surface area (Å²) in [6, 6.07) is 11.3. The average Bonchev–Trinajstić information content (AvgIpc) is 2.60. The van der Waals surface area contributed by atoms with Crippen molar-refractivity contribution in [3.63, 3.8) is 0 Å². The Kier molecular flexibility index (Phi) is 6.36. The molecule has 0 spiro atoms. The molecule has 0 saturated heterocycles. The Labute approximate surface area is 142 Å². The molecule has 0 aromatic heterocycles. The van der Waals surface area contributed by atoms with Crippen molar-refractivity contribution in [2.75, 3.05) is 6.61 Å². The summed E-state index contributed by atoms with van der Waals surface area (Å²) in [5, 5.41) is 0. The van der Waals surface area contributed by atoms with E-state index in [0.29, 0.717) is 10.6 Å². The molecule has 7 heteroatoms. The number of carbonyl (C=O) groups excluding carboxylic acids is 1. The van der Waals surface area contributed by atoms with Crippen LogP contribution in [0.1, 0.15) is 15.9 Å². The largest absolute Gasteiger partial charge is 0.592 e. The van der Waals surface area contributed by atoms with Gasteiger partial charge in [0.05, 0.1) is 16.9 Å². The molecule has 5 nitrogen and oxygen atoms in total. The van der Waals surface area contributed by atoms with Gasteiger partial charge >= 0.3 is 0 Å². The van der Waals surface area contributed by atoms with Crippen molar-refractivity contribution in [3.8, 4) is 5.75 Å². The maximum Gasteiger partial charge on any atom is 0.271 e. The maximum absolute atomic E-state index is 14.2. The van der Waals surface area contributed by atoms with Gasteiger partial charge in [-0.25, -0.2) is 9.82 Å². The molecule has 0 aliphatic heterocycles. The molecule has 0 saturated carbocycles. The Bertz CT molecular complexity index is 725. The van der Waals surface area contributed by atoms with E-state index in [1.165, 1.54) is 19.1 Å². The van der Waals surface area contributed by atoms with E-state index in [9.17, 15) is 13.7 Å². The summed E-state index contributed by atoms with van der Waals surface area (Å²) in [7, 11) is 0. The van der Waals surface area contributed by atoms with Gasteiger partial charge in [-0.1, -0.05) is 30.9 Å². The average molecular weight is 348 g/mol. The van der Waals surface area contributed by atoms with Gasteiger partial charge in [0.25, 0.3) is 5.91 Å². The number of ether oxygens (including phenoxy) is 1. The lowest BCUT2D eigenvalue weighted by Crippen LogP contribution is -2.41. The first-order valence-corrected chi connectivity index (χ1v) is 8.24. The molecule has 2 aromatic rings. The van der Waals surface area contributed by atoms with E-state index in [0.717, 1.165) is 0 Å². The molecule has 0 bridgehead atoms. The monoisotopic (exact) mass is 348 g/mol. The van der Waals surface area contributed by atoms with E-state index >= 15 is 0 Å². The van der Waals surface area contributed by atoms with Crippen molar-refractivity contribution in [2.45, 2.75) is 11.8 Å².